The van der Waals surface area contributed by atoms with Crippen LogP contribution in [0, 0.1) is 6.92 Å². The molecule has 0 saturated carbocycles. The Morgan fingerprint density at radius 2 is 1.74 bits per heavy atom. The number of aromatic nitrogens is 4. The fourth-order valence-corrected chi connectivity index (χ4v) is 4.76. The molecule has 3 aromatic rings. The van der Waals surface area contributed by atoms with Crippen molar-refractivity contribution in [1.29, 1.82) is 0 Å². The lowest BCUT2D eigenvalue weighted by molar-refractivity contribution is -0.129. The number of likely N-dealkylation sites (tertiary alicyclic amines) is 1. The van der Waals surface area contributed by atoms with Crippen molar-refractivity contribution in [1.82, 2.24) is 24.0 Å². The van der Waals surface area contributed by atoms with Gasteiger partial charge in [-0.2, -0.15) is 0 Å². The fourth-order valence-electron chi connectivity index (χ4n) is 3.84. The average molecular weight is 440 g/mol. The lowest BCUT2D eigenvalue weighted by Crippen LogP contribution is -2.38. The molecule has 0 atom stereocenters. The maximum absolute atomic E-state index is 12.9. The highest BCUT2D eigenvalue weighted by molar-refractivity contribution is 8.00. The van der Waals surface area contributed by atoms with Crippen molar-refractivity contribution in [2.45, 2.75) is 31.2 Å². The minimum atomic E-state index is -0.456. The van der Waals surface area contributed by atoms with Crippen LogP contribution in [-0.2, 0) is 18.9 Å². The third-order valence-electron chi connectivity index (χ3n) is 5.69. The predicted octanol–water partition coefficient (Wildman–Crippen LogP) is 2.11. The first-order valence-electron chi connectivity index (χ1n) is 10.3. The van der Waals surface area contributed by atoms with Crippen LogP contribution >= 0.6 is 11.8 Å². The van der Waals surface area contributed by atoms with Gasteiger partial charge < -0.3 is 4.90 Å². The molecular weight excluding hydrogens is 414 g/mol. The van der Waals surface area contributed by atoms with Gasteiger partial charge in [-0.05, 0) is 31.7 Å². The molecule has 4 rings (SSSR count). The van der Waals surface area contributed by atoms with Crippen LogP contribution < -0.4 is 11.2 Å². The second-order valence-corrected chi connectivity index (χ2v) is 8.77. The minimum absolute atomic E-state index is 0.0375. The molecule has 2 aromatic heterocycles. The molecule has 1 aromatic carbocycles. The molecule has 8 nitrogen and oxygen atoms in total. The van der Waals surface area contributed by atoms with E-state index in [0.717, 1.165) is 48.0 Å². The number of fused-ring (bicyclic) bond motifs is 1. The number of thioether (sulfide) groups is 1. The lowest BCUT2D eigenvalue weighted by atomic mass is 10.1. The highest BCUT2D eigenvalue weighted by Gasteiger charge is 2.21. The number of hydrogen-bond donors (Lipinski definition) is 0. The van der Waals surface area contributed by atoms with Crippen molar-refractivity contribution in [2.24, 2.45) is 14.1 Å². The molecule has 0 unspecified atom stereocenters. The van der Waals surface area contributed by atoms with Crippen molar-refractivity contribution in [3.8, 4) is 11.4 Å². The van der Waals surface area contributed by atoms with E-state index in [1.807, 2.05) is 36.1 Å². The van der Waals surface area contributed by atoms with Crippen molar-refractivity contribution < 1.29 is 4.79 Å². The summed E-state index contributed by atoms with van der Waals surface area (Å²) in [6.45, 7) is 3.50. The second-order valence-electron chi connectivity index (χ2n) is 7.80. The molecule has 31 heavy (non-hydrogen) atoms. The molecule has 1 amide bonds. The largest absolute Gasteiger partial charge is 0.342 e. The molecule has 0 N–H and O–H groups in total. The van der Waals surface area contributed by atoms with Crippen LogP contribution in [0.1, 0.15) is 24.8 Å². The smallest absolute Gasteiger partial charge is 0.332 e. The van der Waals surface area contributed by atoms with Crippen LogP contribution in [0.4, 0.5) is 0 Å². The third kappa shape index (κ3) is 4.01. The Kier molecular flexibility index (Phi) is 5.95. The van der Waals surface area contributed by atoms with Crippen LogP contribution in [0.3, 0.4) is 0 Å². The van der Waals surface area contributed by atoms with Crippen LogP contribution in [0.2, 0.25) is 0 Å². The van der Waals surface area contributed by atoms with Crippen molar-refractivity contribution in [2.75, 3.05) is 18.8 Å². The molecule has 1 saturated heterocycles. The highest BCUT2D eigenvalue weighted by atomic mass is 32.2. The standard InChI is InChI=1S/C22H25N5O3S/c1-14-9-5-6-10-15(14)18-23-19-17(21(29)26(3)22(30)25(19)2)20(24-18)31-13-16(28)27-11-7-4-8-12-27/h5-6,9-10H,4,7-8,11-13H2,1-3H3. The summed E-state index contributed by atoms with van der Waals surface area (Å²) in [6, 6.07) is 7.69. The Morgan fingerprint density at radius 1 is 1.03 bits per heavy atom. The van der Waals surface area contributed by atoms with Gasteiger partial charge in [0.1, 0.15) is 10.4 Å². The zero-order chi connectivity index (χ0) is 22.1. The summed E-state index contributed by atoms with van der Waals surface area (Å²) in [7, 11) is 3.03. The third-order valence-corrected chi connectivity index (χ3v) is 6.65. The fraction of sp³-hybridized carbons (Fsp3) is 0.409. The molecule has 0 bridgehead atoms. The molecule has 162 valence electrons. The van der Waals surface area contributed by atoms with Gasteiger partial charge in [0.15, 0.2) is 11.5 Å². The van der Waals surface area contributed by atoms with Gasteiger partial charge in [-0.3, -0.25) is 18.7 Å². The van der Waals surface area contributed by atoms with E-state index in [4.69, 9.17) is 0 Å². The van der Waals surface area contributed by atoms with E-state index < -0.39 is 11.2 Å². The number of rotatable bonds is 4. The first-order valence-corrected chi connectivity index (χ1v) is 11.3. The molecule has 9 heteroatoms. The molecule has 1 fully saturated rings. The Balaban J connectivity index is 1.83. The lowest BCUT2D eigenvalue weighted by Gasteiger charge is -2.26. The van der Waals surface area contributed by atoms with E-state index in [9.17, 15) is 14.4 Å². The Morgan fingerprint density at radius 3 is 2.45 bits per heavy atom. The summed E-state index contributed by atoms with van der Waals surface area (Å²) < 4.78 is 2.41. The van der Waals surface area contributed by atoms with Crippen LogP contribution in [0.15, 0.2) is 38.9 Å². The highest BCUT2D eigenvalue weighted by Crippen LogP contribution is 2.28. The van der Waals surface area contributed by atoms with Crippen molar-refractivity contribution >= 4 is 28.7 Å². The van der Waals surface area contributed by atoms with E-state index in [1.165, 1.54) is 23.4 Å². The maximum atomic E-state index is 12.9. The van der Waals surface area contributed by atoms with Gasteiger partial charge in [-0.1, -0.05) is 36.0 Å². The molecule has 1 aliphatic heterocycles. The Labute approximate surface area is 183 Å². The maximum Gasteiger partial charge on any atom is 0.332 e. The number of benzene rings is 1. The monoisotopic (exact) mass is 439 g/mol. The van der Waals surface area contributed by atoms with E-state index >= 15 is 0 Å². The SMILES string of the molecule is Cc1ccccc1-c1nc(SCC(=O)N2CCCCC2)c2c(=O)n(C)c(=O)n(C)c2n1. The van der Waals surface area contributed by atoms with Crippen LogP contribution in [-0.4, -0.2) is 48.8 Å². The van der Waals surface area contributed by atoms with Crippen molar-refractivity contribution in [3.63, 3.8) is 0 Å². The second kappa shape index (κ2) is 8.66. The van der Waals surface area contributed by atoms with Gasteiger partial charge in [-0.15, -0.1) is 0 Å². The molecule has 0 radical (unpaired) electrons. The normalized spacial score (nSPS) is 14.2. The first kappa shape index (κ1) is 21.3. The molecule has 0 aliphatic carbocycles. The molecule has 3 heterocycles. The average Bonchev–Trinajstić information content (AvgIpc) is 2.80. The number of aryl methyl sites for hydroxylation is 2. The van der Waals surface area contributed by atoms with Gasteiger partial charge >= 0.3 is 5.69 Å². The van der Waals surface area contributed by atoms with Gasteiger partial charge in [-0.25, -0.2) is 14.8 Å². The number of carbonyl (C=O) groups is 1. The van der Waals surface area contributed by atoms with Crippen LogP contribution in [0.5, 0.6) is 0 Å². The zero-order valence-corrected chi connectivity index (χ0v) is 18.7. The van der Waals surface area contributed by atoms with E-state index in [2.05, 4.69) is 9.97 Å². The van der Waals surface area contributed by atoms with Crippen molar-refractivity contribution in [3.05, 3.63) is 50.7 Å². The van der Waals surface area contributed by atoms with E-state index in [-0.39, 0.29) is 22.7 Å². The summed E-state index contributed by atoms with van der Waals surface area (Å²) in [5.41, 5.74) is 1.17. The summed E-state index contributed by atoms with van der Waals surface area (Å²) in [6.07, 6.45) is 3.19. The zero-order valence-electron chi connectivity index (χ0n) is 17.9. The van der Waals surface area contributed by atoms with E-state index in [1.54, 1.807) is 7.05 Å². The summed E-state index contributed by atoms with van der Waals surface area (Å²) >= 11 is 1.23. The Hall–Kier alpha value is -2.94. The van der Waals surface area contributed by atoms with Gasteiger partial charge in [0.2, 0.25) is 5.91 Å². The number of amides is 1. The molecular formula is C22H25N5O3S. The molecule has 0 spiro atoms. The van der Waals surface area contributed by atoms with Gasteiger partial charge in [0, 0.05) is 32.7 Å². The summed E-state index contributed by atoms with van der Waals surface area (Å²) in [5.74, 6) is 0.656. The van der Waals surface area contributed by atoms with Crippen LogP contribution in [0.25, 0.3) is 22.4 Å². The summed E-state index contributed by atoms with van der Waals surface area (Å²) in [5, 5.41) is 0.684. The number of carbonyl (C=O) groups excluding carboxylic acids is 1. The number of piperidine rings is 1. The minimum Gasteiger partial charge on any atom is -0.342 e. The number of hydrogen-bond acceptors (Lipinski definition) is 6. The topological polar surface area (TPSA) is 90.1 Å². The number of nitrogens with zero attached hydrogens (tertiary/aromatic N) is 5. The predicted molar refractivity (Wildman–Crippen MR) is 121 cm³/mol. The van der Waals surface area contributed by atoms with Gasteiger partial charge in [0.25, 0.3) is 5.56 Å². The van der Waals surface area contributed by atoms with E-state index in [0.29, 0.717) is 10.9 Å². The quantitative estimate of drug-likeness (QED) is 0.457. The molecule has 1 aliphatic rings. The van der Waals surface area contributed by atoms with Gasteiger partial charge in [0.05, 0.1) is 5.75 Å². The summed E-state index contributed by atoms with van der Waals surface area (Å²) in [4.78, 5) is 49.3. The Bertz CT molecular complexity index is 1270. The first-order chi connectivity index (χ1) is 14.9.